The Morgan fingerprint density at radius 3 is 2.94 bits per heavy atom. The normalized spacial score (nSPS) is 33.9. The number of hydrogen-bond donors (Lipinski definition) is 0. The van der Waals surface area contributed by atoms with Crippen molar-refractivity contribution in [3.63, 3.8) is 0 Å². The predicted octanol–water partition coefficient (Wildman–Crippen LogP) is 3.11. The topological polar surface area (TPSA) is 39.4 Å². The van der Waals surface area contributed by atoms with Crippen molar-refractivity contribution in [3.05, 3.63) is 48.0 Å². The van der Waals surface area contributed by atoms with Crippen LogP contribution in [0.1, 0.15) is 29.9 Å². The van der Waals surface area contributed by atoms with Gasteiger partial charge < -0.3 is 9.15 Å². The molecule has 1 fully saturated rings. The minimum atomic E-state index is -0.300. The molecule has 1 saturated heterocycles. The highest BCUT2D eigenvalue weighted by Crippen LogP contribution is 2.55. The van der Waals surface area contributed by atoms with Gasteiger partial charge in [0.1, 0.15) is 11.9 Å². The number of aryl methyl sites for hydroxylation is 1. The third-order valence-electron chi connectivity index (χ3n) is 4.28. The summed E-state index contributed by atoms with van der Waals surface area (Å²) < 4.78 is 11.1. The molecule has 0 N–H and O–H groups in total. The molecule has 3 nitrogen and oxygen atoms in total. The molecule has 3 atom stereocenters. The van der Waals surface area contributed by atoms with Gasteiger partial charge in [-0.2, -0.15) is 0 Å². The van der Waals surface area contributed by atoms with E-state index in [1.165, 1.54) is 0 Å². The van der Waals surface area contributed by atoms with Gasteiger partial charge in [0, 0.05) is 28.9 Å². The maximum Gasteiger partial charge on any atom is 0.334 e. The molecule has 3 rings (SSSR count). The summed E-state index contributed by atoms with van der Waals surface area (Å²) in [7, 11) is 0. The van der Waals surface area contributed by atoms with Gasteiger partial charge in [-0.15, -0.1) is 6.58 Å². The van der Waals surface area contributed by atoms with Gasteiger partial charge in [0.05, 0.1) is 6.26 Å². The molecule has 0 aromatic carbocycles. The van der Waals surface area contributed by atoms with Crippen molar-refractivity contribution < 1.29 is 13.9 Å². The van der Waals surface area contributed by atoms with Crippen LogP contribution in [0.25, 0.3) is 0 Å². The Morgan fingerprint density at radius 2 is 2.28 bits per heavy atom. The van der Waals surface area contributed by atoms with Crippen LogP contribution in [0.2, 0.25) is 0 Å². The van der Waals surface area contributed by atoms with E-state index < -0.39 is 0 Å². The first-order valence-corrected chi connectivity index (χ1v) is 6.08. The zero-order chi connectivity index (χ0) is 13.1. The molecule has 2 heterocycles. The van der Waals surface area contributed by atoms with Crippen LogP contribution in [-0.4, -0.2) is 5.97 Å². The quantitative estimate of drug-likeness (QED) is 0.433. The second kappa shape index (κ2) is 3.37. The zero-order valence-corrected chi connectivity index (χ0v) is 10.7. The zero-order valence-electron chi connectivity index (χ0n) is 10.7. The number of hydrogen-bond acceptors (Lipinski definition) is 3. The first kappa shape index (κ1) is 11.3. The van der Waals surface area contributed by atoms with E-state index in [4.69, 9.17) is 9.15 Å². The van der Waals surface area contributed by atoms with E-state index in [0.29, 0.717) is 5.57 Å². The second-order valence-corrected chi connectivity index (χ2v) is 5.47. The minimum Gasteiger partial charge on any atom is -0.469 e. The number of fused-ring (bicyclic) bond motifs is 3. The van der Waals surface area contributed by atoms with E-state index in [2.05, 4.69) is 20.1 Å². The summed E-state index contributed by atoms with van der Waals surface area (Å²) in [5.41, 5.74) is 2.36. The fourth-order valence-electron chi connectivity index (χ4n) is 3.22. The van der Waals surface area contributed by atoms with E-state index in [1.807, 2.05) is 13.0 Å². The van der Waals surface area contributed by atoms with Gasteiger partial charge in [-0.05, 0) is 12.5 Å². The summed E-state index contributed by atoms with van der Waals surface area (Å²) in [5.74, 6) is 0.566. The first-order valence-electron chi connectivity index (χ1n) is 6.08. The number of rotatable bonds is 1. The Bertz CT molecular complexity index is 566. The van der Waals surface area contributed by atoms with Gasteiger partial charge >= 0.3 is 5.97 Å². The molecular formula is C15H16O3. The molecular weight excluding hydrogens is 228 g/mol. The Morgan fingerprint density at radius 1 is 1.56 bits per heavy atom. The van der Waals surface area contributed by atoms with Crippen LogP contribution in [0.15, 0.2) is 35.5 Å². The highest BCUT2D eigenvalue weighted by molar-refractivity contribution is 5.91. The van der Waals surface area contributed by atoms with Crippen molar-refractivity contribution >= 4 is 5.97 Å². The second-order valence-electron chi connectivity index (χ2n) is 5.47. The fourth-order valence-corrected chi connectivity index (χ4v) is 3.22. The molecule has 2 aliphatic rings. The Balaban J connectivity index is 2.21. The smallest absolute Gasteiger partial charge is 0.334 e. The highest BCUT2D eigenvalue weighted by atomic mass is 16.6. The molecule has 94 valence electrons. The van der Waals surface area contributed by atoms with Crippen molar-refractivity contribution in [2.45, 2.75) is 26.4 Å². The molecule has 0 unspecified atom stereocenters. The standard InChI is InChI=1S/C15H16O3/c1-5-15(4)6-10-11(8(2)7-17-10)13-12(15)9(3)14(16)18-13/h5,7,12-13H,1,3,6H2,2,4H3/t12-,13+,15-/m0/s1. The van der Waals surface area contributed by atoms with Gasteiger partial charge in [-0.3, -0.25) is 0 Å². The number of furan rings is 1. The predicted molar refractivity (Wildman–Crippen MR) is 66.9 cm³/mol. The van der Waals surface area contributed by atoms with E-state index in [9.17, 15) is 4.79 Å². The van der Waals surface area contributed by atoms with Crippen LogP contribution < -0.4 is 0 Å². The molecule has 1 aliphatic heterocycles. The summed E-state index contributed by atoms with van der Waals surface area (Å²) in [5, 5.41) is 0. The van der Waals surface area contributed by atoms with Crippen LogP contribution in [0.3, 0.4) is 0 Å². The van der Waals surface area contributed by atoms with Crippen LogP contribution in [0.4, 0.5) is 0 Å². The summed E-state index contributed by atoms with van der Waals surface area (Å²) in [6.07, 6.45) is 4.08. The Labute approximate surface area is 106 Å². The van der Waals surface area contributed by atoms with Crippen LogP contribution in [-0.2, 0) is 16.0 Å². The molecule has 18 heavy (non-hydrogen) atoms. The van der Waals surface area contributed by atoms with E-state index in [1.54, 1.807) is 6.26 Å². The van der Waals surface area contributed by atoms with Crippen LogP contribution in [0, 0.1) is 18.3 Å². The number of esters is 1. The highest BCUT2D eigenvalue weighted by Gasteiger charge is 2.54. The Kier molecular flexibility index (Phi) is 2.12. The third-order valence-corrected chi connectivity index (χ3v) is 4.28. The summed E-state index contributed by atoms with van der Waals surface area (Å²) >= 11 is 0. The molecule has 1 aromatic rings. The monoisotopic (exact) mass is 244 g/mol. The summed E-state index contributed by atoms with van der Waals surface area (Å²) in [4.78, 5) is 11.8. The molecule has 1 aliphatic carbocycles. The summed E-state index contributed by atoms with van der Waals surface area (Å²) in [6.45, 7) is 11.9. The van der Waals surface area contributed by atoms with Gasteiger partial charge in [0.25, 0.3) is 0 Å². The fraction of sp³-hybridized carbons (Fsp3) is 0.400. The number of carbonyl (C=O) groups is 1. The van der Waals surface area contributed by atoms with E-state index >= 15 is 0 Å². The average molecular weight is 244 g/mol. The molecule has 3 heteroatoms. The maximum absolute atomic E-state index is 11.8. The minimum absolute atomic E-state index is 0.0358. The third kappa shape index (κ3) is 1.22. The van der Waals surface area contributed by atoms with Crippen LogP contribution >= 0.6 is 0 Å². The number of carbonyl (C=O) groups excluding carboxylic acids is 1. The molecule has 0 spiro atoms. The largest absolute Gasteiger partial charge is 0.469 e. The number of ether oxygens (including phenoxy) is 1. The number of allylic oxidation sites excluding steroid dienone is 1. The molecule has 0 saturated carbocycles. The lowest BCUT2D eigenvalue weighted by molar-refractivity contribution is -0.140. The van der Waals surface area contributed by atoms with Gasteiger partial charge in [0.15, 0.2) is 0 Å². The molecule has 0 amide bonds. The molecule has 1 aromatic heterocycles. The maximum atomic E-state index is 11.8. The van der Waals surface area contributed by atoms with Crippen molar-refractivity contribution in [2.75, 3.05) is 0 Å². The Hall–Kier alpha value is -1.77. The van der Waals surface area contributed by atoms with Crippen molar-refractivity contribution in [3.8, 4) is 0 Å². The summed E-state index contributed by atoms with van der Waals surface area (Å²) in [6, 6.07) is 0. The lowest BCUT2D eigenvalue weighted by Crippen LogP contribution is -2.35. The van der Waals surface area contributed by atoms with Gasteiger partial charge in [-0.25, -0.2) is 4.79 Å². The first-order chi connectivity index (χ1) is 8.48. The molecule has 0 radical (unpaired) electrons. The van der Waals surface area contributed by atoms with Crippen molar-refractivity contribution in [1.82, 2.24) is 0 Å². The van der Waals surface area contributed by atoms with E-state index in [0.717, 1.165) is 23.3 Å². The van der Waals surface area contributed by atoms with E-state index in [-0.39, 0.29) is 23.4 Å². The van der Waals surface area contributed by atoms with Crippen molar-refractivity contribution in [1.29, 1.82) is 0 Å². The SMILES string of the molecule is C=C[C@@]1(C)Cc2occ(C)c2[C@H]2OC(=O)C(=C)[C@@H]21. The van der Waals surface area contributed by atoms with Crippen molar-refractivity contribution in [2.24, 2.45) is 11.3 Å². The molecule has 0 bridgehead atoms. The lowest BCUT2D eigenvalue weighted by atomic mass is 9.64. The van der Waals surface area contributed by atoms with Crippen LogP contribution in [0.5, 0.6) is 0 Å². The van der Waals surface area contributed by atoms with Gasteiger partial charge in [-0.1, -0.05) is 19.6 Å². The van der Waals surface area contributed by atoms with Gasteiger partial charge in [0.2, 0.25) is 0 Å². The lowest BCUT2D eigenvalue weighted by Gasteiger charge is -2.38. The average Bonchev–Trinajstić information content (AvgIpc) is 2.82.